The van der Waals surface area contributed by atoms with Crippen molar-refractivity contribution in [3.63, 3.8) is 0 Å². The largest absolute Gasteiger partial charge is 0.458 e. The average molecular weight is 272 g/mol. The molecular formula is C18H24O2. The van der Waals surface area contributed by atoms with E-state index in [4.69, 9.17) is 4.42 Å². The molecule has 0 spiro atoms. The molecule has 20 heavy (non-hydrogen) atoms. The molecule has 0 bridgehead atoms. The maximum Gasteiger partial charge on any atom is 0.134 e. The number of benzene rings is 1. The first-order valence-electron chi connectivity index (χ1n) is 7.77. The summed E-state index contributed by atoms with van der Waals surface area (Å²) in [6.07, 6.45) is 5.28. The topological polar surface area (TPSA) is 33.4 Å². The molecule has 1 aromatic carbocycles. The third kappa shape index (κ3) is 2.37. The van der Waals surface area contributed by atoms with Crippen molar-refractivity contribution in [1.82, 2.24) is 0 Å². The Balaban J connectivity index is 1.94. The maximum absolute atomic E-state index is 10.9. The highest BCUT2D eigenvalue weighted by Crippen LogP contribution is 2.52. The van der Waals surface area contributed by atoms with Crippen LogP contribution in [0.5, 0.6) is 0 Å². The van der Waals surface area contributed by atoms with Crippen molar-refractivity contribution in [2.45, 2.75) is 52.1 Å². The highest BCUT2D eigenvalue weighted by molar-refractivity contribution is 5.77. The van der Waals surface area contributed by atoms with Gasteiger partial charge in [-0.2, -0.15) is 0 Å². The molecule has 2 heteroatoms. The molecule has 1 saturated carbocycles. The van der Waals surface area contributed by atoms with Crippen LogP contribution in [0.1, 0.15) is 57.8 Å². The second-order valence-electron chi connectivity index (χ2n) is 6.76. The number of furan rings is 1. The molecule has 1 aromatic heterocycles. The number of fused-ring (bicyclic) bond motifs is 1. The Bertz CT molecular complexity index is 543. The minimum atomic E-state index is -0.472. The number of hydrogen-bond acceptors (Lipinski definition) is 2. The highest BCUT2D eigenvalue weighted by atomic mass is 16.4. The zero-order chi connectivity index (χ0) is 14.2. The van der Waals surface area contributed by atoms with Crippen LogP contribution in [0.25, 0.3) is 11.0 Å². The normalized spacial score (nSPS) is 19.8. The Morgan fingerprint density at radius 2 is 1.90 bits per heavy atom. The summed E-state index contributed by atoms with van der Waals surface area (Å²) in [5.41, 5.74) is 0.890. The van der Waals surface area contributed by atoms with Crippen molar-refractivity contribution in [2.24, 2.45) is 11.3 Å². The van der Waals surface area contributed by atoms with Crippen molar-refractivity contribution in [1.29, 1.82) is 0 Å². The lowest BCUT2D eigenvalue weighted by Gasteiger charge is -2.34. The third-order valence-corrected chi connectivity index (χ3v) is 4.71. The number of para-hydroxylation sites is 1. The lowest BCUT2D eigenvalue weighted by molar-refractivity contribution is -0.00265. The van der Waals surface area contributed by atoms with E-state index in [9.17, 15) is 5.11 Å². The fourth-order valence-corrected chi connectivity index (χ4v) is 3.92. The first kappa shape index (κ1) is 13.7. The Hall–Kier alpha value is -1.28. The molecule has 108 valence electrons. The molecule has 0 radical (unpaired) electrons. The molecule has 0 aliphatic heterocycles. The van der Waals surface area contributed by atoms with Gasteiger partial charge in [0.15, 0.2) is 0 Å². The first-order chi connectivity index (χ1) is 9.61. The van der Waals surface area contributed by atoms with Gasteiger partial charge >= 0.3 is 0 Å². The smallest absolute Gasteiger partial charge is 0.134 e. The van der Waals surface area contributed by atoms with E-state index in [1.165, 1.54) is 12.8 Å². The van der Waals surface area contributed by atoms with Crippen molar-refractivity contribution in [3.05, 3.63) is 36.1 Å². The molecule has 3 rings (SSSR count). The highest BCUT2D eigenvalue weighted by Gasteiger charge is 2.43. The Morgan fingerprint density at radius 1 is 1.20 bits per heavy atom. The Labute approximate surface area is 120 Å². The molecular weight excluding hydrogens is 248 g/mol. The van der Waals surface area contributed by atoms with Crippen molar-refractivity contribution in [3.8, 4) is 0 Å². The second-order valence-corrected chi connectivity index (χ2v) is 6.76. The zero-order valence-electron chi connectivity index (χ0n) is 12.4. The monoisotopic (exact) mass is 272 g/mol. The fraction of sp³-hybridized carbons (Fsp3) is 0.556. The van der Waals surface area contributed by atoms with Crippen LogP contribution in [-0.2, 0) is 0 Å². The van der Waals surface area contributed by atoms with Gasteiger partial charge < -0.3 is 9.52 Å². The van der Waals surface area contributed by atoms with Crippen LogP contribution in [-0.4, -0.2) is 5.11 Å². The summed E-state index contributed by atoms with van der Waals surface area (Å²) < 4.78 is 5.90. The SMILES string of the molecule is CC(C)CC1(C(O)c2cc3ccccc3o2)CCCC1. The van der Waals surface area contributed by atoms with Crippen molar-refractivity contribution in [2.75, 3.05) is 0 Å². The van der Waals surface area contributed by atoms with Crippen molar-refractivity contribution >= 4 is 11.0 Å². The van der Waals surface area contributed by atoms with Gasteiger partial charge in [-0.25, -0.2) is 0 Å². The molecule has 0 saturated heterocycles. The molecule has 2 nitrogen and oxygen atoms in total. The Kier molecular flexibility index (Phi) is 3.59. The third-order valence-electron chi connectivity index (χ3n) is 4.71. The predicted molar refractivity (Wildman–Crippen MR) is 81.5 cm³/mol. The van der Waals surface area contributed by atoms with Gasteiger partial charge in [-0.3, -0.25) is 0 Å². The Morgan fingerprint density at radius 3 is 2.55 bits per heavy atom. The summed E-state index contributed by atoms with van der Waals surface area (Å²) in [4.78, 5) is 0. The van der Waals surface area contributed by atoms with E-state index in [0.717, 1.165) is 36.0 Å². The lowest BCUT2D eigenvalue weighted by Crippen LogP contribution is -2.27. The number of aliphatic hydroxyl groups is 1. The minimum absolute atomic E-state index is 0.0159. The van der Waals surface area contributed by atoms with Crippen LogP contribution in [0.3, 0.4) is 0 Å². The van der Waals surface area contributed by atoms with Gasteiger partial charge in [0.2, 0.25) is 0 Å². The molecule has 2 aromatic rings. The van der Waals surface area contributed by atoms with E-state index in [1.807, 2.05) is 30.3 Å². The number of hydrogen-bond donors (Lipinski definition) is 1. The summed E-state index contributed by atoms with van der Waals surface area (Å²) in [6, 6.07) is 10.0. The summed E-state index contributed by atoms with van der Waals surface area (Å²) in [5.74, 6) is 1.35. The summed E-state index contributed by atoms with van der Waals surface area (Å²) in [5, 5.41) is 12.0. The van der Waals surface area contributed by atoms with Crippen LogP contribution < -0.4 is 0 Å². The summed E-state index contributed by atoms with van der Waals surface area (Å²) >= 11 is 0. The van der Waals surface area contributed by atoms with Crippen LogP contribution in [0.2, 0.25) is 0 Å². The van der Waals surface area contributed by atoms with Crippen LogP contribution >= 0.6 is 0 Å². The molecule has 1 N–H and O–H groups in total. The molecule has 1 unspecified atom stereocenters. The molecule has 1 aliphatic rings. The van der Waals surface area contributed by atoms with Crippen LogP contribution in [0, 0.1) is 11.3 Å². The van der Waals surface area contributed by atoms with Gasteiger partial charge in [-0.05, 0) is 37.3 Å². The van der Waals surface area contributed by atoms with Gasteiger partial charge in [-0.15, -0.1) is 0 Å². The van der Waals surface area contributed by atoms with Crippen LogP contribution in [0.4, 0.5) is 0 Å². The van der Waals surface area contributed by atoms with Gasteiger partial charge in [0, 0.05) is 10.8 Å². The van der Waals surface area contributed by atoms with E-state index >= 15 is 0 Å². The van der Waals surface area contributed by atoms with Gasteiger partial charge in [-0.1, -0.05) is 44.9 Å². The second kappa shape index (κ2) is 5.25. The standard InChI is InChI=1S/C18H24O2/c1-13(2)12-18(9-5-6-10-18)17(19)16-11-14-7-3-4-8-15(14)20-16/h3-4,7-8,11,13,17,19H,5-6,9-10,12H2,1-2H3. The number of rotatable bonds is 4. The fourth-order valence-electron chi connectivity index (χ4n) is 3.92. The van der Waals surface area contributed by atoms with E-state index in [0.29, 0.717) is 5.92 Å². The van der Waals surface area contributed by atoms with Gasteiger partial charge in [0.1, 0.15) is 17.4 Å². The summed E-state index contributed by atoms with van der Waals surface area (Å²) in [6.45, 7) is 4.48. The van der Waals surface area contributed by atoms with Crippen LogP contribution in [0.15, 0.2) is 34.7 Å². The van der Waals surface area contributed by atoms with E-state index in [2.05, 4.69) is 13.8 Å². The quantitative estimate of drug-likeness (QED) is 0.842. The molecule has 1 aliphatic carbocycles. The predicted octanol–water partition coefficient (Wildman–Crippen LogP) is 5.07. The molecule has 1 heterocycles. The van der Waals surface area contributed by atoms with Crippen molar-refractivity contribution < 1.29 is 9.52 Å². The zero-order valence-corrected chi connectivity index (χ0v) is 12.4. The molecule has 1 fully saturated rings. The van der Waals surface area contributed by atoms with E-state index < -0.39 is 6.10 Å². The summed E-state index contributed by atoms with van der Waals surface area (Å²) in [7, 11) is 0. The van der Waals surface area contributed by atoms with E-state index in [1.54, 1.807) is 0 Å². The first-order valence-corrected chi connectivity index (χ1v) is 7.77. The van der Waals surface area contributed by atoms with Gasteiger partial charge in [0.05, 0.1) is 0 Å². The maximum atomic E-state index is 10.9. The number of aliphatic hydroxyl groups excluding tert-OH is 1. The van der Waals surface area contributed by atoms with E-state index in [-0.39, 0.29) is 5.41 Å². The average Bonchev–Trinajstić information content (AvgIpc) is 3.03. The molecule has 0 amide bonds. The lowest BCUT2D eigenvalue weighted by atomic mass is 9.73. The minimum Gasteiger partial charge on any atom is -0.458 e. The molecule has 1 atom stereocenters. The van der Waals surface area contributed by atoms with Gasteiger partial charge in [0.25, 0.3) is 0 Å².